The van der Waals surface area contributed by atoms with Crippen molar-refractivity contribution < 1.29 is 14.6 Å². The molecule has 1 aliphatic heterocycles. The summed E-state index contributed by atoms with van der Waals surface area (Å²) in [6.45, 7) is 6.61. The van der Waals surface area contributed by atoms with Crippen LogP contribution in [0.15, 0.2) is 0 Å². The summed E-state index contributed by atoms with van der Waals surface area (Å²) in [5.74, 6) is 2.98. The first kappa shape index (κ1) is 16.1. The molecule has 7 atom stereocenters. The van der Waals surface area contributed by atoms with Crippen LogP contribution in [0.25, 0.3) is 0 Å². The third kappa shape index (κ3) is 1.90. The van der Waals surface area contributed by atoms with E-state index in [1.165, 1.54) is 38.5 Å². The zero-order valence-electron chi connectivity index (χ0n) is 15.4. The van der Waals surface area contributed by atoms with Crippen LogP contribution in [0.1, 0.15) is 71.6 Å². The largest absolute Gasteiger partial charge is 0.393 e. The van der Waals surface area contributed by atoms with E-state index in [9.17, 15) is 5.11 Å². The summed E-state index contributed by atoms with van der Waals surface area (Å²) in [5.41, 5.74) is 0.693. The minimum atomic E-state index is -0.261. The molecule has 0 aromatic carbocycles. The Morgan fingerprint density at radius 3 is 2.38 bits per heavy atom. The maximum Gasteiger partial charge on any atom is 0.174 e. The monoisotopic (exact) mass is 334 g/mol. The van der Waals surface area contributed by atoms with Crippen molar-refractivity contribution >= 4 is 0 Å². The van der Waals surface area contributed by atoms with Gasteiger partial charge in [0.2, 0.25) is 0 Å². The van der Waals surface area contributed by atoms with E-state index in [0.29, 0.717) is 5.41 Å². The highest BCUT2D eigenvalue weighted by Gasteiger charge is 2.67. The molecule has 0 aromatic rings. The molecule has 3 heteroatoms. The Morgan fingerprint density at radius 1 is 0.833 bits per heavy atom. The van der Waals surface area contributed by atoms with Crippen LogP contribution in [0.5, 0.6) is 0 Å². The van der Waals surface area contributed by atoms with Gasteiger partial charge in [0, 0.05) is 11.8 Å². The first-order chi connectivity index (χ1) is 11.5. The Kier molecular flexibility index (Phi) is 3.49. The summed E-state index contributed by atoms with van der Waals surface area (Å²) in [6, 6.07) is 0. The van der Waals surface area contributed by atoms with Crippen LogP contribution in [0, 0.1) is 34.5 Å². The highest BCUT2D eigenvalue weighted by molar-refractivity contribution is 5.12. The van der Waals surface area contributed by atoms with Crippen LogP contribution in [0.3, 0.4) is 0 Å². The molecule has 0 radical (unpaired) electrons. The fourth-order valence-electron chi connectivity index (χ4n) is 8.12. The molecular formula is C21H34O3. The Hall–Kier alpha value is -0.120. The van der Waals surface area contributed by atoms with Crippen LogP contribution < -0.4 is 0 Å². The smallest absolute Gasteiger partial charge is 0.174 e. The van der Waals surface area contributed by atoms with E-state index in [1.807, 2.05) is 0 Å². The average Bonchev–Trinajstić information content (AvgIpc) is 3.15. The summed E-state index contributed by atoms with van der Waals surface area (Å²) in [6.07, 6.45) is 11.0. The molecular weight excluding hydrogens is 300 g/mol. The topological polar surface area (TPSA) is 38.7 Å². The van der Waals surface area contributed by atoms with E-state index in [-0.39, 0.29) is 17.3 Å². The highest BCUT2D eigenvalue weighted by Crippen LogP contribution is 2.69. The third-order valence-electron chi connectivity index (χ3n) is 9.44. The maximum absolute atomic E-state index is 10.2. The van der Waals surface area contributed by atoms with Gasteiger partial charge in [0.05, 0.1) is 19.3 Å². The Balaban J connectivity index is 1.45. The number of aliphatic hydroxyl groups is 1. The minimum Gasteiger partial charge on any atom is -0.393 e. The van der Waals surface area contributed by atoms with Gasteiger partial charge >= 0.3 is 0 Å². The molecule has 24 heavy (non-hydrogen) atoms. The second kappa shape index (κ2) is 5.20. The molecule has 1 heterocycles. The number of aliphatic hydroxyl groups excluding tert-OH is 1. The maximum atomic E-state index is 10.2. The van der Waals surface area contributed by atoms with E-state index < -0.39 is 0 Å². The van der Waals surface area contributed by atoms with Crippen molar-refractivity contribution in [1.29, 1.82) is 0 Å². The molecule has 5 fully saturated rings. The van der Waals surface area contributed by atoms with Crippen molar-refractivity contribution in [1.82, 2.24) is 0 Å². The van der Waals surface area contributed by atoms with Gasteiger partial charge in [-0.3, -0.25) is 0 Å². The van der Waals surface area contributed by atoms with E-state index in [0.717, 1.165) is 56.1 Å². The number of fused-ring (bicyclic) bond motifs is 6. The molecule has 1 saturated heterocycles. The van der Waals surface area contributed by atoms with Gasteiger partial charge in [-0.15, -0.1) is 0 Å². The number of ether oxygens (including phenoxy) is 2. The second-order valence-corrected chi connectivity index (χ2v) is 10.0. The normalized spacial score (nSPS) is 55.9. The standard InChI is InChI=1S/C21H34O3/c1-19-8-5-15(22)13-14(19)3-4-16-17(19)6-9-20(2)18(16)7-10-21(20)23-11-12-24-21/h14-18,22H,3-13H2,1-2H3/t14?,15?,16-,17+,18+,19+,20+/m1/s1. The van der Waals surface area contributed by atoms with E-state index in [4.69, 9.17) is 9.47 Å². The fourth-order valence-corrected chi connectivity index (χ4v) is 8.12. The molecule has 5 rings (SSSR count). The van der Waals surface area contributed by atoms with Gasteiger partial charge in [-0.05, 0) is 80.5 Å². The van der Waals surface area contributed by atoms with Crippen LogP contribution in [-0.4, -0.2) is 30.2 Å². The molecule has 4 aliphatic carbocycles. The Morgan fingerprint density at radius 2 is 1.58 bits per heavy atom. The van der Waals surface area contributed by atoms with Gasteiger partial charge in [-0.25, -0.2) is 0 Å². The van der Waals surface area contributed by atoms with Gasteiger partial charge in [0.1, 0.15) is 0 Å². The summed E-state index contributed by atoms with van der Waals surface area (Å²) in [4.78, 5) is 0. The van der Waals surface area contributed by atoms with Gasteiger partial charge in [0.25, 0.3) is 0 Å². The third-order valence-corrected chi connectivity index (χ3v) is 9.44. The van der Waals surface area contributed by atoms with E-state index >= 15 is 0 Å². The molecule has 0 bridgehead atoms. The van der Waals surface area contributed by atoms with Crippen molar-refractivity contribution in [2.24, 2.45) is 34.5 Å². The Bertz CT molecular complexity index is 513. The van der Waals surface area contributed by atoms with Gasteiger partial charge in [-0.1, -0.05) is 13.8 Å². The van der Waals surface area contributed by atoms with Crippen molar-refractivity contribution in [3.8, 4) is 0 Å². The zero-order chi connectivity index (χ0) is 16.6. The van der Waals surface area contributed by atoms with Gasteiger partial charge in [0.15, 0.2) is 5.79 Å². The lowest BCUT2D eigenvalue weighted by Crippen LogP contribution is -2.57. The molecule has 1 spiro atoms. The van der Waals surface area contributed by atoms with E-state index in [1.54, 1.807) is 0 Å². The van der Waals surface area contributed by atoms with Crippen LogP contribution in [0.4, 0.5) is 0 Å². The number of rotatable bonds is 0. The summed E-state index contributed by atoms with van der Waals surface area (Å²) in [7, 11) is 0. The zero-order valence-corrected chi connectivity index (χ0v) is 15.4. The molecule has 0 amide bonds. The summed E-state index contributed by atoms with van der Waals surface area (Å²) < 4.78 is 12.5. The van der Waals surface area contributed by atoms with Gasteiger partial charge in [-0.2, -0.15) is 0 Å². The quantitative estimate of drug-likeness (QED) is 0.724. The fraction of sp³-hybridized carbons (Fsp3) is 1.00. The first-order valence-electron chi connectivity index (χ1n) is 10.4. The first-order valence-corrected chi connectivity index (χ1v) is 10.4. The lowest BCUT2D eigenvalue weighted by atomic mass is 9.45. The van der Waals surface area contributed by atoms with E-state index in [2.05, 4.69) is 13.8 Å². The predicted octanol–water partition coefficient (Wildman–Crippen LogP) is 4.13. The molecule has 3 nitrogen and oxygen atoms in total. The van der Waals surface area contributed by atoms with Crippen molar-refractivity contribution in [3.63, 3.8) is 0 Å². The van der Waals surface area contributed by atoms with Crippen LogP contribution in [-0.2, 0) is 9.47 Å². The van der Waals surface area contributed by atoms with Gasteiger partial charge < -0.3 is 14.6 Å². The molecule has 4 saturated carbocycles. The minimum absolute atomic E-state index is 0.0384. The molecule has 5 aliphatic rings. The number of hydrogen-bond acceptors (Lipinski definition) is 3. The SMILES string of the molecule is C[C@]12CCC(O)CC1CC[C@@H]1[C@@H]2CC[C@@]2(C)[C@H]1CCC21OCCO1. The molecule has 136 valence electrons. The second-order valence-electron chi connectivity index (χ2n) is 10.0. The lowest BCUT2D eigenvalue weighted by Gasteiger charge is -2.61. The Labute approximate surface area is 146 Å². The highest BCUT2D eigenvalue weighted by atomic mass is 16.7. The summed E-state index contributed by atoms with van der Waals surface area (Å²) in [5, 5.41) is 10.2. The molecule has 2 unspecified atom stereocenters. The molecule has 1 N–H and O–H groups in total. The average molecular weight is 335 g/mol. The summed E-state index contributed by atoms with van der Waals surface area (Å²) >= 11 is 0. The van der Waals surface area contributed by atoms with Crippen molar-refractivity contribution in [2.45, 2.75) is 83.5 Å². The van der Waals surface area contributed by atoms with Crippen LogP contribution >= 0.6 is 0 Å². The van der Waals surface area contributed by atoms with Crippen molar-refractivity contribution in [2.75, 3.05) is 13.2 Å². The predicted molar refractivity (Wildman–Crippen MR) is 92.4 cm³/mol. The van der Waals surface area contributed by atoms with Crippen LogP contribution in [0.2, 0.25) is 0 Å². The lowest BCUT2D eigenvalue weighted by molar-refractivity contribution is -0.247. The number of hydrogen-bond donors (Lipinski definition) is 1. The van der Waals surface area contributed by atoms with Crippen molar-refractivity contribution in [3.05, 3.63) is 0 Å². The molecule has 0 aromatic heterocycles.